The number of hydrogen-bond donors (Lipinski definition) is 0. The summed E-state index contributed by atoms with van der Waals surface area (Å²) in [7, 11) is 0. The zero-order valence-corrected chi connectivity index (χ0v) is 31.6. The predicted octanol–water partition coefficient (Wildman–Crippen LogP) is 14.5. The van der Waals surface area contributed by atoms with Crippen LogP contribution in [0.5, 0.6) is 0 Å². The standard InChI is InChI=1S/C55H30N4/c1-2-15-34(16-3-1)57-44-23-10-8-19-37(44)41-29-33(25-26-46(41)57)48-35-17-6-4-13-31(35)27-42-38-21-12-22-40-50-47(58(52(38)40)53(42)48)30-56-55-51(50)43-28-32-14-5-7-18-36(32)49-39-20-9-11-24-45(39)59(55)54(43)49/h1-30H. The third-order valence-electron chi connectivity index (χ3n) is 13.5. The first-order valence-corrected chi connectivity index (χ1v) is 20.4. The maximum atomic E-state index is 5.45. The Morgan fingerprint density at radius 1 is 0.339 bits per heavy atom. The van der Waals surface area contributed by atoms with E-state index in [1.165, 1.54) is 120 Å². The van der Waals surface area contributed by atoms with Crippen LogP contribution >= 0.6 is 0 Å². The smallest absolute Gasteiger partial charge is 0.146 e. The first-order valence-electron chi connectivity index (χ1n) is 20.4. The van der Waals surface area contributed by atoms with Crippen LogP contribution in [0.3, 0.4) is 0 Å². The normalized spacial score (nSPS) is 12.7. The molecule has 0 N–H and O–H groups in total. The molecule has 6 heterocycles. The van der Waals surface area contributed by atoms with Crippen molar-refractivity contribution in [1.29, 1.82) is 0 Å². The Balaban J connectivity index is 1.13. The maximum Gasteiger partial charge on any atom is 0.146 e. The van der Waals surface area contributed by atoms with Gasteiger partial charge >= 0.3 is 0 Å². The van der Waals surface area contributed by atoms with Gasteiger partial charge in [-0.1, -0.05) is 127 Å². The van der Waals surface area contributed by atoms with Gasteiger partial charge in [0.25, 0.3) is 0 Å². The lowest BCUT2D eigenvalue weighted by molar-refractivity contribution is 1.18. The fourth-order valence-electron chi connectivity index (χ4n) is 11.2. The van der Waals surface area contributed by atoms with E-state index in [-0.39, 0.29) is 0 Å². The molecule has 15 aromatic rings. The Labute approximate surface area is 335 Å². The van der Waals surface area contributed by atoms with E-state index in [2.05, 4.69) is 195 Å². The van der Waals surface area contributed by atoms with Gasteiger partial charge in [-0.05, 0) is 75.6 Å². The molecular formula is C55H30N4. The third kappa shape index (κ3) is 3.56. The number of hydrogen-bond acceptors (Lipinski definition) is 1. The first kappa shape index (κ1) is 30.2. The summed E-state index contributed by atoms with van der Waals surface area (Å²) in [5.41, 5.74) is 13.1. The molecule has 0 unspecified atom stereocenters. The molecule has 0 fully saturated rings. The largest absolute Gasteiger partial charge is 0.309 e. The Hall–Kier alpha value is -7.95. The molecule has 0 radical (unpaired) electrons. The highest BCUT2D eigenvalue weighted by Crippen LogP contribution is 2.50. The van der Waals surface area contributed by atoms with Gasteiger partial charge < -0.3 is 8.97 Å². The molecule has 0 spiro atoms. The summed E-state index contributed by atoms with van der Waals surface area (Å²) in [5, 5.41) is 17.6. The SMILES string of the molecule is c1ccc(-n2c3ccccc3c3cc(-c4c5ccccc5cc5c6cccc7c8c9c%10cc%11ccccc%11c%11c%12ccccc%12n(c9ncc8n(c45)c67)c%10%11)ccc32)cc1. The fourth-order valence-corrected chi connectivity index (χ4v) is 11.2. The monoisotopic (exact) mass is 746 g/mol. The Morgan fingerprint density at radius 2 is 1.00 bits per heavy atom. The number of fused-ring (bicyclic) bond motifs is 19. The highest BCUT2D eigenvalue weighted by Gasteiger charge is 2.27. The van der Waals surface area contributed by atoms with Crippen LogP contribution in [-0.4, -0.2) is 18.4 Å². The van der Waals surface area contributed by atoms with Crippen molar-refractivity contribution in [2.24, 2.45) is 0 Å². The first-order chi connectivity index (χ1) is 29.3. The van der Waals surface area contributed by atoms with Crippen molar-refractivity contribution < 1.29 is 0 Å². The van der Waals surface area contributed by atoms with Gasteiger partial charge in [0.15, 0.2) is 0 Å². The summed E-state index contributed by atoms with van der Waals surface area (Å²) in [6.07, 6.45) is 2.15. The second-order valence-electron chi connectivity index (χ2n) is 16.3. The van der Waals surface area contributed by atoms with Gasteiger partial charge in [-0.2, -0.15) is 0 Å². The van der Waals surface area contributed by atoms with Crippen molar-refractivity contribution in [2.75, 3.05) is 0 Å². The lowest BCUT2D eigenvalue weighted by Gasteiger charge is -2.12. The van der Waals surface area contributed by atoms with E-state index in [0.717, 1.165) is 16.9 Å². The van der Waals surface area contributed by atoms with Crippen LogP contribution in [0.25, 0.3) is 136 Å². The molecule has 0 atom stereocenters. The van der Waals surface area contributed by atoms with Gasteiger partial charge in [0.1, 0.15) is 5.65 Å². The lowest BCUT2D eigenvalue weighted by atomic mass is 9.93. The number of rotatable bonds is 2. The van der Waals surface area contributed by atoms with Gasteiger partial charge in [0.05, 0.1) is 44.8 Å². The van der Waals surface area contributed by atoms with Gasteiger partial charge in [0.2, 0.25) is 0 Å². The molecular weight excluding hydrogens is 717 g/mol. The Bertz CT molecular complexity index is 4300. The van der Waals surface area contributed by atoms with Crippen LogP contribution in [0, 0.1) is 0 Å². The quantitative estimate of drug-likeness (QED) is 0.173. The zero-order valence-electron chi connectivity index (χ0n) is 31.6. The molecule has 270 valence electrons. The molecule has 0 aliphatic carbocycles. The lowest BCUT2D eigenvalue weighted by Crippen LogP contribution is -1.93. The Morgan fingerprint density at radius 3 is 1.86 bits per heavy atom. The molecule has 9 aromatic carbocycles. The second-order valence-corrected chi connectivity index (χ2v) is 16.3. The van der Waals surface area contributed by atoms with Gasteiger partial charge in [0, 0.05) is 65.1 Å². The van der Waals surface area contributed by atoms with Crippen LogP contribution in [-0.2, 0) is 0 Å². The van der Waals surface area contributed by atoms with E-state index in [1.807, 2.05) is 0 Å². The fraction of sp³-hybridized carbons (Fsp3) is 0. The summed E-state index contributed by atoms with van der Waals surface area (Å²) >= 11 is 0. The van der Waals surface area contributed by atoms with E-state index in [1.54, 1.807) is 0 Å². The molecule has 0 saturated carbocycles. The minimum Gasteiger partial charge on any atom is -0.309 e. The van der Waals surface area contributed by atoms with Crippen LogP contribution in [0.2, 0.25) is 0 Å². The molecule has 0 aliphatic heterocycles. The van der Waals surface area contributed by atoms with Crippen LogP contribution in [0.1, 0.15) is 0 Å². The zero-order chi connectivity index (χ0) is 38.1. The number of benzene rings is 9. The molecule has 4 heteroatoms. The number of aromatic nitrogens is 4. The molecule has 0 amide bonds. The van der Waals surface area contributed by atoms with Gasteiger partial charge in [-0.3, -0.25) is 4.40 Å². The number of para-hydroxylation sites is 4. The van der Waals surface area contributed by atoms with Crippen molar-refractivity contribution in [3.05, 3.63) is 182 Å². The summed E-state index contributed by atoms with van der Waals surface area (Å²) in [6, 6.07) is 65.0. The third-order valence-corrected chi connectivity index (χ3v) is 13.5. The average molecular weight is 747 g/mol. The minimum atomic E-state index is 1.01. The summed E-state index contributed by atoms with van der Waals surface area (Å²) in [5.74, 6) is 0. The molecule has 0 saturated heterocycles. The van der Waals surface area contributed by atoms with Crippen molar-refractivity contribution >= 4 is 120 Å². The van der Waals surface area contributed by atoms with E-state index in [9.17, 15) is 0 Å². The molecule has 0 bridgehead atoms. The summed E-state index contributed by atoms with van der Waals surface area (Å²) < 4.78 is 7.37. The van der Waals surface area contributed by atoms with Crippen LogP contribution in [0.4, 0.5) is 0 Å². The van der Waals surface area contributed by atoms with Crippen molar-refractivity contribution in [3.63, 3.8) is 0 Å². The predicted molar refractivity (Wildman–Crippen MR) is 248 cm³/mol. The topological polar surface area (TPSA) is 26.6 Å². The molecule has 6 aromatic heterocycles. The van der Waals surface area contributed by atoms with E-state index in [0.29, 0.717) is 0 Å². The van der Waals surface area contributed by atoms with E-state index in [4.69, 9.17) is 4.98 Å². The molecule has 0 aliphatic rings. The van der Waals surface area contributed by atoms with Crippen LogP contribution < -0.4 is 0 Å². The summed E-state index contributed by atoms with van der Waals surface area (Å²) in [6.45, 7) is 0. The van der Waals surface area contributed by atoms with Gasteiger partial charge in [-0.25, -0.2) is 4.98 Å². The maximum absolute atomic E-state index is 5.45. The molecule has 15 rings (SSSR count). The van der Waals surface area contributed by atoms with Crippen molar-refractivity contribution in [1.82, 2.24) is 18.4 Å². The van der Waals surface area contributed by atoms with E-state index < -0.39 is 0 Å². The highest BCUT2D eigenvalue weighted by atomic mass is 15.0. The van der Waals surface area contributed by atoms with Crippen molar-refractivity contribution in [2.45, 2.75) is 0 Å². The highest BCUT2D eigenvalue weighted by molar-refractivity contribution is 6.38. The average Bonchev–Trinajstić information content (AvgIpc) is 4.08. The van der Waals surface area contributed by atoms with Gasteiger partial charge in [-0.15, -0.1) is 0 Å². The molecule has 4 nitrogen and oxygen atoms in total. The van der Waals surface area contributed by atoms with E-state index >= 15 is 0 Å². The second kappa shape index (κ2) is 10.5. The number of pyridine rings is 1. The van der Waals surface area contributed by atoms with Crippen LogP contribution in [0.15, 0.2) is 182 Å². The number of nitrogens with zero attached hydrogens (tertiary/aromatic N) is 4. The van der Waals surface area contributed by atoms with Crippen molar-refractivity contribution in [3.8, 4) is 16.8 Å². The molecule has 59 heavy (non-hydrogen) atoms. The summed E-state index contributed by atoms with van der Waals surface area (Å²) in [4.78, 5) is 5.45. The minimum absolute atomic E-state index is 1.01. The Kier molecular flexibility index (Phi) is 5.38.